The number of carbonyl (C=O) groups is 2. The summed E-state index contributed by atoms with van der Waals surface area (Å²) in [7, 11) is 0. The number of pyridine rings is 1. The number of hydrogen-bond donors (Lipinski definition) is 0. The zero-order chi connectivity index (χ0) is 22.1. The van der Waals surface area contributed by atoms with Crippen molar-refractivity contribution in [3.63, 3.8) is 0 Å². The molecule has 0 aliphatic heterocycles. The van der Waals surface area contributed by atoms with E-state index in [1.54, 1.807) is 6.20 Å². The number of aryl methyl sites for hydroxylation is 3. The summed E-state index contributed by atoms with van der Waals surface area (Å²) in [4.78, 5) is 30.4. The second-order valence-electron chi connectivity index (χ2n) is 8.93. The molecule has 0 amide bonds. The van der Waals surface area contributed by atoms with Crippen LogP contribution in [0.3, 0.4) is 0 Å². The van der Waals surface area contributed by atoms with Gasteiger partial charge in [-0.15, -0.1) is 0 Å². The molecule has 0 fully saturated rings. The van der Waals surface area contributed by atoms with Crippen LogP contribution in [0.25, 0.3) is 5.57 Å². The highest BCUT2D eigenvalue weighted by molar-refractivity contribution is 8.14. The number of nitrogens with zero attached hydrogens (tertiary/aromatic N) is 1. The Morgan fingerprint density at radius 2 is 1.83 bits per heavy atom. The number of carbonyl (C=O) groups excluding carboxylic acids is 2. The summed E-state index contributed by atoms with van der Waals surface area (Å²) in [6.07, 6.45) is 2.67. The Hall–Kier alpha value is -2.40. The van der Waals surface area contributed by atoms with E-state index in [-0.39, 0.29) is 21.7 Å². The quantitative estimate of drug-likeness (QED) is 0.547. The molecule has 0 bridgehead atoms. The molecule has 1 unspecified atom stereocenters. The van der Waals surface area contributed by atoms with Crippen LogP contribution < -0.4 is 0 Å². The first-order valence-corrected chi connectivity index (χ1v) is 11.0. The van der Waals surface area contributed by atoms with Crippen molar-refractivity contribution in [2.45, 2.75) is 59.1 Å². The van der Waals surface area contributed by atoms with Crippen molar-refractivity contribution < 1.29 is 14.3 Å². The van der Waals surface area contributed by atoms with Gasteiger partial charge in [0.2, 0.25) is 0 Å². The number of aromatic nitrogens is 1. The van der Waals surface area contributed by atoms with E-state index in [1.807, 2.05) is 59.7 Å². The topological polar surface area (TPSA) is 56.3 Å². The minimum atomic E-state index is -0.372. The lowest BCUT2D eigenvalue weighted by Gasteiger charge is -2.17. The Morgan fingerprint density at radius 3 is 2.40 bits per heavy atom. The first-order valence-electron chi connectivity index (χ1n) is 10.2. The number of Topliss-reactive ketones (excluding diaryl/α,β-unsaturated/α-hetero) is 1. The lowest BCUT2D eigenvalue weighted by atomic mass is 9.90. The SMILES string of the molecule is Cc1cc(C)c(C2=C(OC(=O)SC(C)(C)C)CC(Cc3ccccn3)C2=O)c(C)c1. The molecule has 1 heterocycles. The van der Waals surface area contributed by atoms with Crippen LogP contribution in [0.1, 0.15) is 55.1 Å². The molecule has 0 saturated carbocycles. The molecule has 3 rings (SSSR count). The third-order valence-electron chi connectivity index (χ3n) is 5.03. The zero-order valence-corrected chi connectivity index (χ0v) is 19.4. The van der Waals surface area contributed by atoms with Gasteiger partial charge in [0.15, 0.2) is 5.78 Å². The van der Waals surface area contributed by atoms with E-state index in [0.29, 0.717) is 24.2 Å². The van der Waals surface area contributed by atoms with Crippen LogP contribution in [0.2, 0.25) is 0 Å². The molecule has 0 radical (unpaired) electrons. The first kappa shape index (κ1) is 22.3. The highest BCUT2D eigenvalue weighted by atomic mass is 32.2. The number of rotatable bonds is 4. The molecular formula is C25H29NO3S. The van der Waals surface area contributed by atoms with Gasteiger partial charge in [-0.05, 0) is 61.4 Å². The summed E-state index contributed by atoms with van der Waals surface area (Å²) in [5.41, 5.74) is 5.49. The molecule has 1 atom stereocenters. The van der Waals surface area contributed by atoms with Crippen LogP contribution in [-0.2, 0) is 16.0 Å². The van der Waals surface area contributed by atoms with Gasteiger partial charge in [0, 0.05) is 35.4 Å². The van der Waals surface area contributed by atoms with E-state index in [0.717, 1.165) is 39.7 Å². The van der Waals surface area contributed by atoms with Gasteiger partial charge in [0.1, 0.15) is 5.76 Å². The molecule has 30 heavy (non-hydrogen) atoms. The van der Waals surface area contributed by atoms with Crippen molar-refractivity contribution in [3.05, 3.63) is 70.2 Å². The molecule has 5 heteroatoms. The van der Waals surface area contributed by atoms with Crippen molar-refractivity contribution in [1.29, 1.82) is 0 Å². The fraction of sp³-hybridized carbons (Fsp3) is 0.400. The summed E-state index contributed by atoms with van der Waals surface area (Å²) in [6, 6.07) is 9.84. The predicted octanol–water partition coefficient (Wildman–Crippen LogP) is 6.22. The van der Waals surface area contributed by atoms with Crippen LogP contribution in [-0.4, -0.2) is 20.8 Å². The van der Waals surface area contributed by atoms with Crippen LogP contribution in [0.4, 0.5) is 4.79 Å². The molecule has 2 aromatic rings. The van der Waals surface area contributed by atoms with Crippen molar-refractivity contribution in [1.82, 2.24) is 4.98 Å². The number of thioether (sulfide) groups is 1. The molecule has 0 saturated heterocycles. The van der Waals surface area contributed by atoms with Gasteiger partial charge in [0.25, 0.3) is 0 Å². The number of ketones is 1. The summed E-state index contributed by atoms with van der Waals surface area (Å²) in [6.45, 7) is 11.9. The first-order chi connectivity index (χ1) is 14.0. The molecule has 0 spiro atoms. The van der Waals surface area contributed by atoms with Crippen LogP contribution in [0, 0.1) is 26.7 Å². The summed E-state index contributed by atoms with van der Waals surface area (Å²) in [5, 5.41) is -0.372. The van der Waals surface area contributed by atoms with Gasteiger partial charge in [-0.25, -0.2) is 4.79 Å². The maximum absolute atomic E-state index is 13.5. The van der Waals surface area contributed by atoms with Gasteiger partial charge in [-0.1, -0.05) is 44.5 Å². The molecule has 1 aliphatic carbocycles. The fourth-order valence-electron chi connectivity index (χ4n) is 4.00. The van der Waals surface area contributed by atoms with Crippen molar-refractivity contribution in [2.75, 3.05) is 0 Å². The van der Waals surface area contributed by atoms with Crippen molar-refractivity contribution >= 4 is 28.4 Å². The van der Waals surface area contributed by atoms with E-state index < -0.39 is 0 Å². The summed E-state index contributed by atoms with van der Waals surface area (Å²) >= 11 is 1.14. The van der Waals surface area contributed by atoms with E-state index >= 15 is 0 Å². The van der Waals surface area contributed by atoms with Gasteiger partial charge in [-0.2, -0.15) is 0 Å². The van der Waals surface area contributed by atoms with Gasteiger partial charge >= 0.3 is 5.30 Å². The Bertz CT molecular complexity index is 980. The average molecular weight is 424 g/mol. The third-order valence-corrected chi connectivity index (χ3v) is 5.89. The molecular weight excluding hydrogens is 394 g/mol. The predicted molar refractivity (Wildman–Crippen MR) is 122 cm³/mol. The molecule has 1 aromatic heterocycles. The van der Waals surface area contributed by atoms with Gasteiger partial charge in [0.05, 0.1) is 5.57 Å². The van der Waals surface area contributed by atoms with E-state index in [9.17, 15) is 9.59 Å². The minimum absolute atomic E-state index is 0.0271. The second kappa shape index (κ2) is 8.76. The van der Waals surface area contributed by atoms with Gasteiger partial charge < -0.3 is 4.74 Å². The Kier molecular flexibility index (Phi) is 6.51. The Balaban J connectivity index is 1.99. The van der Waals surface area contributed by atoms with E-state index in [1.165, 1.54) is 0 Å². The fourth-order valence-corrected chi connectivity index (χ4v) is 4.64. The lowest BCUT2D eigenvalue weighted by molar-refractivity contribution is -0.116. The Morgan fingerprint density at radius 1 is 1.17 bits per heavy atom. The summed E-state index contributed by atoms with van der Waals surface area (Å²) in [5.74, 6) is 0.231. The number of allylic oxidation sites excluding steroid dienone is 2. The van der Waals surface area contributed by atoms with Crippen molar-refractivity contribution in [3.8, 4) is 0 Å². The molecule has 0 N–H and O–H groups in total. The summed E-state index contributed by atoms with van der Waals surface area (Å²) < 4.78 is 5.53. The molecule has 1 aliphatic rings. The smallest absolute Gasteiger partial charge is 0.372 e. The molecule has 1 aromatic carbocycles. The highest BCUT2D eigenvalue weighted by Crippen LogP contribution is 2.41. The van der Waals surface area contributed by atoms with Crippen LogP contribution in [0.5, 0.6) is 0 Å². The Labute approximate surface area is 183 Å². The van der Waals surface area contributed by atoms with E-state index in [4.69, 9.17) is 4.74 Å². The number of hydrogen-bond acceptors (Lipinski definition) is 5. The van der Waals surface area contributed by atoms with Crippen molar-refractivity contribution in [2.24, 2.45) is 5.92 Å². The highest BCUT2D eigenvalue weighted by Gasteiger charge is 2.38. The largest absolute Gasteiger partial charge is 0.422 e. The zero-order valence-electron chi connectivity index (χ0n) is 18.5. The minimum Gasteiger partial charge on any atom is -0.422 e. The number of benzene rings is 1. The number of ether oxygens (including phenoxy) is 1. The monoisotopic (exact) mass is 423 g/mol. The third kappa shape index (κ3) is 5.20. The second-order valence-corrected chi connectivity index (χ2v) is 10.7. The normalized spacial score (nSPS) is 16.9. The lowest BCUT2D eigenvalue weighted by Crippen LogP contribution is -2.14. The van der Waals surface area contributed by atoms with Crippen LogP contribution >= 0.6 is 11.8 Å². The molecule has 158 valence electrons. The maximum Gasteiger partial charge on any atom is 0.372 e. The van der Waals surface area contributed by atoms with E-state index in [2.05, 4.69) is 17.1 Å². The molecule has 4 nitrogen and oxygen atoms in total. The maximum atomic E-state index is 13.5. The standard InChI is InChI=1S/C25H29NO3S/c1-15-11-16(2)21(17(3)12-15)22-20(29-24(28)30-25(4,5)6)14-18(23(22)27)13-19-9-7-8-10-26-19/h7-12,18H,13-14H2,1-6H3. The van der Waals surface area contributed by atoms with Gasteiger partial charge in [-0.3, -0.25) is 9.78 Å². The average Bonchev–Trinajstić information content (AvgIpc) is 2.89. The van der Waals surface area contributed by atoms with Crippen LogP contribution in [0.15, 0.2) is 42.3 Å².